The summed E-state index contributed by atoms with van der Waals surface area (Å²) in [5.74, 6) is 1.36. The number of carbonyl (C=O) groups excluding carboxylic acids is 1. The molecular formula is C19H20O3. The number of fused-ring (bicyclic) bond motifs is 1. The number of benzene rings is 2. The Kier molecular flexibility index (Phi) is 4.14. The minimum Gasteiger partial charge on any atom is -0.492 e. The van der Waals surface area contributed by atoms with Crippen molar-refractivity contribution in [2.75, 3.05) is 6.61 Å². The SMILES string of the molecule is CC(C)c1ccccc1OC(=O)C1COc2ccccc2C1. The van der Waals surface area contributed by atoms with Crippen LogP contribution in [0.3, 0.4) is 0 Å². The molecule has 0 saturated heterocycles. The minimum absolute atomic E-state index is 0.220. The molecule has 0 spiro atoms. The van der Waals surface area contributed by atoms with Gasteiger partial charge >= 0.3 is 5.97 Å². The van der Waals surface area contributed by atoms with Gasteiger partial charge in [0.25, 0.3) is 0 Å². The molecule has 0 fully saturated rings. The van der Waals surface area contributed by atoms with Crippen LogP contribution in [0.25, 0.3) is 0 Å². The van der Waals surface area contributed by atoms with Crippen LogP contribution in [0.1, 0.15) is 30.9 Å². The molecule has 0 saturated carbocycles. The molecule has 0 N–H and O–H groups in total. The van der Waals surface area contributed by atoms with Gasteiger partial charge in [0.2, 0.25) is 0 Å². The van der Waals surface area contributed by atoms with Crippen molar-refractivity contribution in [3.05, 3.63) is 59.7 Å². The van der Waals surface area contributed by atoms with Gasteiger partial charge in [-0.05, 0) is 35.6 Å². The van der Waals surface area contributed by atoms with Gasteiger partial charge in [-0.1, -0.05) is 50.2 Å². The standard InChI is InChI=1S/C19H20O3/c1-13(2)16-8-4-6-10-18(16)22-19(20)15-11-14-7-3-5-9-17(14)21-12-15/h3-10,13,15H,11-12H2,1-2H3. The zero-order valence-corrected chi connectivity index (χ0v) is 12.9. The van der Waals surface area contributed by atoms with Crippen LogP contribution in [0, 0.1) is 5.92 Å². The molecule has 22 heavy (non-hydrogen) atoms. The highest BCUT2D eigenvalue weighted by Crippen LogP contribution is 2.30. The third-order valence-corrected chi connectivity index (χ3v) is 3.96. The molecule has 0 aromatic heterocycles. The zero-order chi connectivity index (χ0) is 15.5. The van der Waals surface area contributed by atoms with Gasteiger partial charge in [-0.25, -0.2) is 0 Å². The van der Waals surface area contributed by atoms with Crippen LogP contribution in [0.5, 0.6) is 11.5 Å². The lowest BCUT2D eigenvalue weighted by Crippen LogP contribution is -2.31. The van der Waals surface area contributed by atoms with Crippen molar-refractivity contribution < 1.29 is 14.3 Å². The van der Waals surface area contributed by atoms with Gasteiger partial charge in [0.05, 0.1) is 5.92 Å². The van der Waals surface area contributed by atoms with Crippen molar-refractivity contribution in [2.24, 2.45) is 5.92 Å². The van der Waals surface area contributed by atoms with Gasteiger partial charge in [0, 0.05) is 0 Å². The van der Waals surface area contributed by atoms with Gasteiger partial charge in [-0.15, -0.1) is 0 Å². The molecule has 0 radical (unpaired) electrons. The molecule has 0 bridgehead atoms. The van der Waals surface area contributed by atoms with Gasteiger partial charge in [-0.3, -0.25) is 4.79 Å². The quantitative estimate of drug-likeness (QED) is 0.635. The summed E-state index contributed by atoms with van der Waals surface area (Å²) in [5.41, 5.74) is 2.11. The van der Waals surface area contributed by atoms with E-state index in [0.29, 0.717) is 24.7 Å². The second kappa shape index (κ2) is 6.22. The van der Waals surface area contributed by atoms with Crippen LogP contribution in [0.15, 0.2) is 48.5 Å². The lowest BCUT2D eigenvalue weighted by Gasteiger charge is -2.24. The van der Waals surface area contributed by atoms with Crippen molar-refractivity contribution in [1.82, 2.24) is 0 Å². The first-order valence-electron chi connectivity index (χ1n) is 7.66. The summed E-state index contributed by atoms with van der Waals surface area (Å²) in [6.07, 6.45) is 0.666. The van der Waals surface area contributed by atoms with Crippen LogP contribution in [0.4, 0.5) is 0 Å². The predicted octanol–water partition coefficient (Wildman–Crippen LogP) is 3.97. The van der Waals surface area contributed by atoms with E-state index in [1.54, 1.807) is 0 Å². The molecule has 2 aromatic rings. The average molecular weight is 296 g/mol. The molecule has 2 aromatic carbocycles. The van der Waals surface area contributed by atoms with Gasteiger partial charge in [0.1, 0.15) is 18.1 Å². The second-order valence-electron chi connectivity index (χ2n) is 5.93. The largest absolute Gasteiger partial charge is 0.492 e. The third kappa shape index (κ3) is 2.98. The summed E-state index contributed by atoms with van der Waals surface area (Å²) < 4.78 is 11.3. The number of carbonyl (C=O) groups is 1. The molecule has 1 aliphatic rings. The van der Waals surface area contributed by atoms with E-state index in [9.17, 15) is 4.79 Å². The maximum atomic E-state index is 12.4. The number of ether oxygens (including phenoxy) is 2. The number of para-hydroxylation sites is 2. The van der Waals surface area contributed by atoms with Crippen LogP contribution in [-0.2, 0) is 11.2 Å². The van der Waals surface area contributed by atoms with Crippen molar-refractivity contribution in [2.45, 2.75) is 26.2 Å². The first kappa shape index (κ1) is 14.6. The van der Waals surface area contributed by atoms with E-state index >= 15 is 0 Å². The van der Waals surface area contributed by atoms with E-state index in [1.807, 2.05) is 48.5 Å². The molecule has 1 heterocycles. The van der Waals surface area contributed by atoms with Crippen molar-refractivity contribution >= 4 is 5.97 Å². The number of esters is 1. The maximum Gasteiger partial charge on any atom is 0.318 e. The lowest BCUT2D eigenvalue weighted by molar-refractivity contribution is -0.140. The highest BCUT2D eigenvalue weighted by Gasteiger charge is 2.28. The fraction of sp³-hybridized carbons (Fsp3) is 0.316. The molecule has 0 amide bonds. The Balaban J connectivity index is 1.74. The van der Waals surface area contributed by atoms with Crippen LogP contribution < -0.4 is 9.47 Å². The summed E-state index contributed by atoms with van der Waals surface area (Å²) >= 11 is 0. The Bertz CT molecular complexity index is 676. The molecule has 1 unspecified atom stereocenters. The summed E-state index contributed by atoms with van der Waals surface area (Å²) in [7, 11) is 0. The molecular weight excluding hydrogens is 276 g/mol. The molecule has 1 aliphatic heterocycles. The summed E-state index contributed by atoms with van der Waals surface area (Å²) in [6, 6.07) is 15.5. The first-order valence-corrected chi connectivity index (χ1v) is 7.66. The molecule has 3 nitrogen and oxygen atoms in total. The fourth-order valence-corrected chi connectivity index (χ4v) is 2.72. The van der Waals surface area contributed by atoms with Crippen molar-refractivity contribution in [3.8, 4) is 11.5 Å². The Morgan fingerprint density at radius 3 is 2.68 bits per heavy atom. The van der Waals surface area contributed by atoms with E-state index < -0.39 is 0 Å². The van der Waals surface area contributed by atoms with E-state index in [4.69, 9.17) is 9.47 Å². The second-order valence-corrected chi connectivity index (χ2v) is 5.93. The molecule has 114 valence electrons. The summed E-state index contributed by atoms with van der Waals surface area (Å²) in [6.45, 7) is 4.55. The normalized spacial score (nSPS) is 16.8. The van der Waals surface area contributed by atoms with Crippen LogP contribution in [0.2, 0.25) is 0 Å². The monoisotopic (exact) mass is 296 g/mol. The average Bonchev–Trinajstić information content (AvgIpc) is 2.54. The Labute approximate surface area is 130 Å². The molecule has 1 atom stereocenters. The summed E-state index contributed by atoms with van der Waals surface area (Å²) in [5, 5.41) is 0. The van der Waals surface area contributed by atoms with E-state index in [0.717, 1.165) is 16.9 Å². The highest BCUT2D eigenvalue weighted by atomic mass is 16.5. The van der Waals surface area contributed by atoms with E-state index in [1.165, 1.54) is 0 Å². The Morgan fingerprint density at radius 2 is 1.86 bits per heavy atom. The first-order chi connectivity index (χ1) is 10.6. The fourth-order valence-electron chi connectivity index (χ4n) is 2.72. The van der Waals surface area contributed by atoms with Crippen molar-refractivity contribution in [1.29, 1.82) is 0 Å². The van der Waals surface area contributed by atoms with Gasteiger partial charge in [-0.2, -0.15) is 0 Å². The number of hydrogen-bond acceptors (Lipinski definition) is 3. The van der Waals surface area contributed by atoms with E-state index in [-0.39, 0.29) is 11.9 Å². The van der Waals surface area contributed by atoms with E-state index in [2.05, 4.69) is 13.8 Å². The smallest absolute Gasteiger partial charge is 0.318 e. The third-order valence-electron chi connectivity index (χ3n) is 3.96. The molecule has 3 heteroatoms. The van der Waals surface area contributed by atoms with Gasteiger partial charge in [0.15, 0.2) is 0 Å². The minimum atomic E-state index is -0.255. The Morgan fingerprint density at radius 1 is 1.14 bits per heavy atom. The van der Waals surface area contributed by atoms with Crippen LogP contribution >= 0.6 is 0 Å². The maximum absolute atomic E-state index is 12.4. The van der Waals surface area contributed by atoms with Gasteiger partial charge < -0.3 is 9.47 Å². The lowest BCUT2D eigenvalue weighted by atomic mass is 9.97. The molecule has 3 rings (SSSR count). The molecule has 0 aliphatic carbocycles. The van der Waals surface area contributed by atoms with Crippen molar-refractivity contribution in [3.63, 3.8) is 0 Å². The zero-order valence-electron chi connectivity index (χ0n) is 12.9. The number of rotatable bonds is 3. The highest BCUT2D eigenvalue weighted by molar-refractivity contribution is 5.76. The Hall–Kier alpha value is -2.29. The number of hydrogen-bond donors (Lipinski definition) is 0. The predicted molar refractivity (Wildman–Crippen MR) is 85.3 cm³/mol. The topological polar surface area (TPSA) is 35.5 Å². The van der Waals surface area contributed by atoms with Crippen LogP contribution in [-0.4, -0.2) is 12.6 Å². The summed E-state index contributed by atoms with van der Waals surface area (Å²) in [4.78, 5) is 12.4.